The van der Waals surface area contributed by atoms with E-state index in [9.17, 15) is 5.11 Å². The molecule has 1 unspecified atom stereocenters. The van der Waals surface area contributed by atoms with Crippen molar-refractivity contribution < 1.29 is 5.11 Å². The number of rotatable bonds is 0. The third-order valence-electron chi connectivity index (χ3n) is 3.27. The fourth-order valence-corrected chi connectivity index (χ4v) is 2.20. The van der Waals surface area contributed by atoms with Gasteiger partial charge in [-0.15, -0.1) is 0 Å². The molecule has 1 aliphatic rings. The Morgan fingerprint density at radius 3 is 2.35 bits per heavy atom. The molecule has 96 valence electrons. The molecule has 1 heteroatoms. The van der Waals surface area contributed by atoms with Gasteiger partial charge in [-0.2, -0.15) is 0 Å². The predicted octanol–water partition coefficient (Wildman–Crippen LogP) is 3.86. The minimum absolute atomic E-state index is 0.127. The average molecular weight is 234 g/mol. The normalized spacial score (nSPS) is 19.1. The minimum atomic E-state index is -0.127. The van der Waals surface area contributed by atoms with Crippen LogP contribution >= 0.6 is 0 Å². The molecule has 1 aromatic carbocycles. The van der Waals surface area contributed by atoms with Crippen LogP contribution in [0.1, 0.15) is 57.7 Å². The van der Waals surface area contributed by atoms with Crippen LogP contribution in [-0.4, -0.2) is 11.2 Å². The van der Waals surface area contributed by atoms with Crippen molar-refractivity contribution in [2.24, 2.45) is 0 Å². The lowest BCUT2D eigenvalue weighted by molar-refractivity contribution is 0.158. The lowest BCUT2D eigenvalue weighted by Crippen LogP contribution is -2.20. The molecule has 0 aromatic heterocycles. The summed E-state index contributed by atoms with van der Waals surface area (Å²) in [6.07, 6.45) is 2.65. The van der Waals surface area contributed by atoms with E-state index in [-0.39, 0.29) is 11.5 Å². The van der Waals surface area contributed by atoms with Crippen LogP contribution in [0, 0.1) is 0 Å². The maximum Gasteiger partial charge on any atom is 0.0583 e. The summed E-state index contributed by atoms with van der Waals surface area (Å²) in [5.74, 6) is 0. The van der Waals surface area contributed by atoms with Gasteiger partial charge in [0.05, 0.1) is 6.10 Å². The summed E-state index contributed by atoms with van der Waals surface area (Å²) in [5.41, 5.74) is 4.40. The van der Waals surface area contributed by atoms with Gasteiger partial charge in [-0.05, 0) is 41.4 Å². The number of aliphatic hydroxyl groups is 1. The van der Waals surface area contributed by atoms with E-state index in [0.717, 1.165) is 19.3 Å². The Hall–Kier alpha value is -0.820. The van der Waals surface area contributed by atoms with Crippen molar-refractivity contribution in [2.75, 3.05) is 0 Å². The van der Waals surface area contributed by atoms with Crippen molar-refractivity contribution in [1.82, 2.24) is 0 Å². The summed E-state index contributed by atoms with van der Waals surface area (Å²) in [4.78, 5) is 0. The molecule has 0 aliphatic heterocycles. The number of fused-ring (bicyclic) bond motifs is 1. The Labute approximate surface area is 106 Å². The maximum absolute atomic E-state index is 9.59. The number of aliphatic hydroxyl groups excluding tert-OH is 1. The van der Waals surface area contributed by atoms with E-state index in [1.807, 2.05) is 13.8 Å². The molecule has 0 amide bonds. The first kappa shape index (κ1) is 14.2. The maximum atomic E-state index is 9.59. The van der Waals surface area contributed by atoms with Crippen LogP contribution in [0.4, 0.5) is 0 Å². The summed E-state index contributed by atoms with van der Waals surface area (Å²) >= 11 is 0. The second-order valence-corrected chi connectivity index (χ2v) is 5.63. The lowest BCUT2D eigenvalue weighted by atomic mass is 9.82. The molecule has 0 heterocycles. The standard InChI is InChI=1S/C14H20O.C2H6/c1-14(2,3)12-6-4-11-9-13(15)7-5-10(11)8-12;1-2/h4,6,8,13,15H,5,7,9H2,1-3H3;1-2H3. The zero-order valence-electron chi connectivity index (χ0n) is 11.9. The third-order valence-corrected chi connectivity index (χ3v) is 3.27. The Morgan fingerprint density at radius 1 is 1.12 bits per heavy atom. The molecule has 2 rings (SSSR count). The molecule has 0 radical (unpaired) electrons. The first-order valence-corrected chi connectivity index (χ1v) is 6.77. The highest BCUT2D eigenvalue weighted by molar-refractivity contribution is 5.37. The molecule has 1 N–H and O–H groups in total. The monoisotopic (exact) mass is 234 g/mol. The summed E-state index contributed by atoms with van der Waals surface area (Å²) in [6, 6.07) is 6.72. The van der Waals surface area contributed by atoms with E-state index in [2.05, 4.69) is 39.0 Å². The van der Waals surface area contributed by atoms with Gasteiger partial charge < -0.3 is 5.11 Å². The van der Waals surface area contributed by atoms with Crippen molar-refractivity contribution in [1.29, 1.82) is 0 Å². The molecule has 0 fully saturated rings. The lowest BCUT2D eigenvalue weighted by Gasteiger charge is -2.25. The molecule has 1 aromatic rings. The van der Waals surface area contributed by atoms with Crippen LogP contribution < -0.4 is 0 Å². The highest BCUT2D eigenvalue weighted by atomic mass is 16.3. The Bertz CT molecular complexity index is 360. The van der Waals surface area contributed by atoms with Gasteiger partial charge in [0.2, 0.25) is 0 Å². The summed E-state index contributed by atoms with van der Waals surface area (Å²) < 4.78 is 0. The van der Waals surface area contributed by atoms with Gasteiger partial charge in [-0.1, -0.05) is 52.8 Å². The van der Waals surface area contributed by atoms with Crippen LogP contribution in [0.3, 0.4) is 0 Å². The first-order valence-electron chi connectivity index (χ1n) is 6.77. The average Bonchev–Trinajstić information content (AvgIpc) is 2.29. The van der Waals surface area contributed by atoms with E-state index >= 15 is 0 Å². The highest BCUT2D eigenvalue weighted by Gasteiger charge is 2.19. The van der Waals surface area contributed by atoms with Gasteiger partial charge in [-0.3, -0.25) is 0 Å². The van der Waals surface area contributed by atoms with Crippen LogP contribution in [0.2, 0.25) is 0 Å². The number of aryl methyl sites for hydroxylation is 1. The van der Waals surface area contributed by atoms with Gasteiger partial charge in [0.1, 0.15) is 0 Å². The molecule has 1 atom stereocenters. The van der Waals surface area contributed by atoms with E-state index in [1.54, 1.807) is 0 Å². The second kappa shape index (κ2) is 5.68. The Balaban J connectivity index is 0.000000686. The van der Waals surface area contributed by atoms with Crippen molar-refractivity contribution >= 4 is 0 Å². The molecule has 17 heavy (non-hydrogen) atoms. The summed E-state index contributed by atoms with van der Waals surface area (Å²) in [6.45, 7) is 10.7. The molecule has 0 spiro atoms. The van der Waals surface area contributed by atoms with Crippen LogP contribution in [0.25, 0.3) is 0 Å². The second-order valence-electron chi connectivity index (χ2n) is 5.63. The zero-order chi connectivity index (χ0) is 13.1. The third kappa shape index (κ3) is 3.57. The smallest absolute Gasteiger partial charge is 0.0583 e. The van der Waals surface area contributed by atoms with Gasteiger partial charge in [0.25, 0.3) is 0 Å². The highest BCUT2D eigenvalue weighted by Crippen LogP contribution is 2.28. The predicted molar refractivity (Wildman–Crippen MR) is 74.5 cm³/mol. The summed E-state index contributed by atoms with van der Waals surface area (Å²) in [5, 5.41) is 9.59. The molecule has 1 nitrogen and oxygen atoms in total. The van der Waals surface area contributed by atoms with Crippen molar-refractivity contribution in [3.63, 3.8) is 0 Å². The molecule has 1 aliphatic carbocycles. The van der Waals surface area contributed by atoms with E-state index in [0.29, 0.717) is 0 Å². The Kier molecular flexibility index (Phi) is 4.76. The molecular weight excluding hydrogens is 208 g/mol. The summed E-state index contributed by atoms with van der Waals surface area (Å²) in [7, 11) is 0. The zero-order valence-corrected chi connectivity index (χ0v) is 11.9. The van der Waals surface area contributed by atoms with Crippen LogP contribution in [0.5, 0.6) is 0 Å². The van der Waals surface area contributed by atoms with E-state index in [1.165, 1.54) is 16.7 Å². The molecule has 0 saturated carbocycles. The number of hydrogen-bond donors (Lipinski definition) is 1. The minimum Gasteiger partial charge on any atom is -0.393 e. The van der Waals surface area contributed by atoms with E-state index in [4.69, 9.17) is 0 Å². The fourth-order valence-electron chi connectivity index (χ4n) is 2.20. The first-order chi connectivity index (χ1) is 7.97. The van der Waals surface area contributed by atoms with Gasteiger partial charge >= 0.3 is 0 Å². The van der Waals surface area contributed by atoms with Gasteiger partial charge in [-0.25, -0.2) is 0 Å². The molecule has 0 bridgehead atoms. The number of hydrogen-bond acceptors (Lipinski definition) is 1. The molecular formula is C16H26O. The van der Waals surface area contributed by atoms with Gasteiger partial charge in [0.15, 0.2) is 0 Å². The van der Waals surface area contributed by atoms with Gasteiger partial charge in [0, 0.05) is 0 Å². The van der Waals surface area contributed by atoms with Crippen molar-refractivity contribution in [3.8, 4) is 0 Å². The fraction of sp³-hybridized carbons (Fsp3) is 0.625. The SMILES string of the molecule is CC.CC(C)(C)c1ccc2c(c1)CCC(O)C2. The Morgan fingerprint density at radius 2 is 1.76 bits per heavy atom. The number of benzene rings is 1. The largest absolute Gasteiger partial charge is 0.393 e. The van der Waals surface area contributed by atoms with Crippen LogP contribution in [-0.2, 0) is 18.3 Å². The topological polar surface area (TPSA) is 20.2 Å². The van der Waals surface area contributed by atoms with Crippen LogP contribution in [0.15, 0.2) is 18.2 Å². The van der Waals surface area contributed by atoms with Crippen molar-refractivity contribution in [2.45, 2.75) is 65.4 Å². The van der Waals surface area contributed by atoms with Crippen molar-refractivity contribution in [3.05, 3.63) is 34.9 Å². The quantitative estimate of drug-likeness (QED) is 0.722. The molecule has 0 saturated heterocycles. The van der Waals surface area contributed by atoms with E-state index < -0.39 is 0 Å².